The van der Waals surface area contributed by atoms with Crippen LogP contribution in [-0.2, 0) is 12.8 Å². The molecular weight excluding hydrogens is 246 g/mol. The largest absolute Gasteiger partial charge is 0.464 e. The third-order valence-electron chi connectivity index (χ3n) is 3.61. The van der Waals surface area contributed by atoms with Crippen molar-refractivity contribution >= 4 is 11.0 Å². The second-order valence-corrected chi connectivity index (χ2v) is 5.11. The molecule has 102 valence electrons. The molecule has 2 aromatic carbocycles. The van der Waals surface area contributed by atoms with E-state index in [2.05, 4.69) is 53.8 Å². The summed E-state index contributed by atoms with van der Waals surface area (Å²) in [5.41, 5.74) is 4.93. The first kappa shape index (κ1) is 12.9. The average Bonchev–Trinajstić information content (AvgIpc) is 2.89. The molecule has 0 saturated heterocycles. The predicted octanol–water partition coefficient (Wildman–Crippen LogP) is 3.79. The maximum atomic E-state index is 5.62. The van der Waals surface area contributed by atoms with Crippen LogP contribution in [0.25, 0.3) is 11.0 Å². The summed E-state index contributed by atoms with van der Waals surface area (Å²) in [6.07, 6.45) is 3.85. The van der Waals surface area contributed by atoms with Crippen molar-refractivity contribution in [2.24, 2.45) is 0 Å². The molecule has 0 amide bonds. The molecule has 0 aliphatic heterocycles. The molecule has 1 aromatic heterocycles. The first-order valence-corrected chi connectivity index (χ1v) is 7.04. The van der Waals surface area contributed by atoms with Crippen LogP contribution in [0.2, 0.25) is 0 Å². The van der Waals surface area contributed by atoms with Crippen LogP contribution in [0.15, 0.2) is 59.2 Å². The molecule has 0 aliphatic rings. The van der Waals surface area contributed by atoms with Gasteiger partial charge in [0.25, 0.3) is 0 Å². The fourth-order valence-electron chi connectivity index (χ4n) is 2.52. The van der Waals surface area contributed by atoms with Gasteiger partial charge in [-0.2, -0.15) is 0 Å². The second kappa shape index (κ2) is 5.93. The van der Waals surface area contributed by atoms with Gasteiger partial charge in [-0.25, -0.2) is 0 Å². The van der Waals surface area contributed by atoms with Gasteiger partial charge in [-0.05, 0) is 55.3 Å². The third-order valence-corrected chi connectivity index (χ3v) is 3.61. The Morgan fingerprint density at radius 1 is 1.00 bits per heavy atom. The maximum Gasteiger partial charge on any atom is 0.134 e. The van der Waals surface area contributed by atoms with Crippen molar-refractivity contribution in [2.45, 2.75) is 12.8 Å². The van der Waals surface area contributed by atoms with Gasteiger partial charge in [0, 0.05) is 5.39 Å². The highest BCUT2D eigenvalue weighted by Gasteiger charge is 2.06. The molecule has 20 heavy (non-hydrogen) atoms. The van der Waals surface area contributed by atoms with Gasteiger partial charge in [0.2, 0.25) is 0 Å². The minimum Gasteiger partial charge on any atom is -0.464 e. The Kier molecular flexibility index (Phi) is 3.84. The Morgan fingerprint density at radius 3 is 2.65 bits per heavy atom. The lowest BCUT2D eigenvalue weighted by Gasteiger charge is -2.03. The minimum absolute atomic E-state index is 0.966. The number of benzene rings is 2. The van der Waals surface area contributed by atoms with Crippen LogP contribution in [0.1, 0.15) is 16.7 Å². The Bertz CT molecular complexity index is 685. The summed E-state index contributed by atoms with van der Waals surface area (Å²) in [6.45, 7) is 0.970. The molecule has 2 heteroatoms. The van der Waals surface area contributed by atoms with Crippen LogP contribution in [0.4, 0.5) is 0 Å². The second-order valence-electron chi connectivity index (χ2n) is 5.11. The normalized spacial score (nSPS) is 11.1. The molecule has 0 fully saturated rings. The van der Waals surface area contributed by atoms with Crippen LogP contribution in [0.5, 0.6) is 0 Å². The van der Waals surface area contributed by atoms with E-state index in [9.17, 15) is 0 Å². The van der Waals surface area contributed by atoms with Gasteiger partial charge >= 0.3 is 0 Å². The smallest absolute Gasteiger partial charge is 0.134 e. The zero-order valence-electron chi connectivity index (χ0n) is 11.7. The summed E-state index contributed by atoms with van der Waals surface area (Å²) >= 11 is 0. The standard InChI is InChI=1S/C18H19NO/c1-19-10-9-16-13-20-18-8-7-15(12-17(16)18)11-14-5-3-2-4-6-14/h2-8,12-13,19H,9-11H2,1H3. The maximum absolute atomic E-state index is 5.62. The zero-order valence-corrected chi connectivity index (χ0v) is 11.7. The van der Waals surface area contributed by atoms with Crippen molar-refractivity contribution in [2.75, 3.05) is 13.6 Å². The van der Waals surface area contributed by atoms with Crippen molar-refractivity contribution < 1.29 is 4.42 Å². The molecule has 0 aliphatic carbocycles. The van der Waals surface area contributed by atoms with Crippen LogP contribution in [0, 0.1) is 0 Å². The van der Waals surface area contributed by atoms with Crippen LogP contribution < -0.4 is 5.32 Å². The molecule has 0 saturated carbocycles. The molecule has 3 rings (SSSR count). The topological polar surface area (TPSA) is 25.2 Å². The van der Waals surface area contributed by atoms with E-state index in [1.807, 2.05) is 13.3 Å². The number of hydrogen-bond donors (Lipinski definition) is 1. The number of fused-ring (bicyclic) bond motifs is 1. The molecule has 3 aromatic rings. The lowest BCUT2D eigenvalue weighted by molar-refractivity contribution is 0.608. The number of likely N-dealkylation sites (N-methyl/N-ethyl adjacent to an activating group) is 1. The number of furan rings is 1. The van der Waals surface area contributed by atoms with Gasteiger partial charge in [0.05, 0.1) is 6.26 Å². The SMILES string of the molecule is CNCCc1coc2ccc(Cc3ccccc3)cc12. The zero-order chi connectivity index (χ0) is 13.8. The Hall–Kier alpha value is -2.06. The van der Waals surface area contributed by atoms with Crippen molar-refractivity contribution in [3.05, 3.63) is 71.5 Å². The van der Waals surface area contributed by atoms with E-state index < -0.39 is 0 Å². The van der Waals surface area contributed by atoms with Gasteiger partial charge in [0.1, 0.15) is 5.58 Å². The number of rotatable bonds is 5. The molecule has 0 unspecified atom stereocenters. The highest BCUT2D eigenvalue weighted by Crippen LogP contribution is 2.24. The lowest BCUT2D eigenvalue weighted by atomic mass is 10.0. The fourth-order valence-corrected chi connectivity index (χ4v) is 2.52. The van der Waals surface area contributed by atoms with Crippen LogP contribution in [0.3, 0.4) is 0 Å². The minimum atomic E-state index is 0.966. The van der Waals surface area contributed by atoms with Crippen LogP contribution >= 0.6 is 0 Å². The summed E-state index contributed by atoms with van der Waals surface area (Å²) in [4.78, 5) is 0. The van der Waals surface area contributed by atoms with Gasteiger partial charge in [-0.15, -0.1) is 0 Å². The van der Waals surface area contributed by atoms with Gasteiger partial charge in [-0.3, -0.25) is 0 Å². The molecule has 0 radical (unpaired) electrons. The highest BCUT2D eigenvalue weighted by molar-refractivity contribution is 5.81. The van der Waals surface area contributed by atoms with E-state index in [-0.39, 0.29) is 0 Å². The molecular formula is C18H19NO. The van der Waals surface area contributed by atoms with Crippen molar-refractivity contribution in [1.29, 1.82) is 0 Å². The quantitative estimate of drug-likeness (QED) is 0.759. The van der Waals surface area contributed by atoms with Crippen molar-refractivity contribution in [3.8, 4) is 0 Å². The first-order chi connectivity index (χ1) is 9.86. The Labute approximate surface area is 119 Å². The summed E-state index contributed by atoms with van der Waals surface area (Å²) in [5.74, 6) is 0. The summed E-state index contributed by atoms with van der Waals surface area (Å²) in [6, 6.07) is 17.1. The third kappa shape index (κ3) is 2.75. The van der Waals surface area contributed by atoms with Gasteiger partial charge in [0.15, 0.2) is 0 Å². The van der Waals surface area contributed by atoms with E-state index >= 15 is 0 Å². The Balaban J connectivity index is 1.89. The lowest BCUT2D eigenvalue weighted by Crippen LogP contribution is -2.09. The van der Waals surface area contributed by atoms with E-state index in [1.54, 1.807) is 0 Å². The molecule has 0 bridgehead atoms. The summed E-state index contributed by atoms with van der Waals surface area (Å²) < 4.78 is 5.62. The molecule has 0 atom stereocenters. The molecule has 1 heterocycles. The average molecular weight is 265 g/mol. The van der Waals surface area contributed by atoms with Crippen LogP contribution in [-0.4, -0.2) is 13.6 Å². The summed E-state index contributed by atoms with van der Waals surface area (Å²) in [7, 11) is 1.98. The summed E-state index contributed by atoms with van der Waals surface area (Å²) in [5, 5.41) is 4.43. The molecule has 1 N–H and O–H groups in total. The first-order valence-electron chi connectivity index (χ1n) is 7.04. The van der Waals surface area contributed by atoms with Crippen molar-refractivity contribution in [3.63, 3.8) is 0 Å². The number of nitrogens with one attached hydrogen (secondary N) is 1. The van der Waals surface area contributed by atoms with Crippen molar-refractivity contribution in [1.82, 2.24) is 5.32 Å². The molecule has 0 spiro atoms. The van der Waals surface area contributed by atoms with Gasteiger partial charge < -0.3 is 9.73 Å². The Morgan fingerprint density at radius 2 is 1.85 bits per heavy atom. The highest BCUT2D eigenvalue weighted by atomic mass is 16.3. The predicted molar refractivity (Wildman–Crippen MR) is 83.1 cm³/mol. The van der Waals surface area contributed by atoms with Gasteiger partial charge in [-0.1, -0.05) is 36.4 Å². The number of hydrogen-bond acceptors (Lipinski definition) is 2. The molecule has 2 nitrogen and oxygen atoms in total. The van der Waals surface area contributed by atoms with E-state index in [1.165, 1.54) is 22.1 Å². The van der Waals surface area contributed by atoms with E-state index in [4.69, 9.17) is 4.42 Å². The fraction of sp³-hybridized carbons (Fsp3) is 0.222. The monoisotopic (exact) mass is 265 g/mol. The van der Waals surface area contributed by atoms with E-state index in [0.29, 0.717) is 0 Å². The van der Waals surface area contributed by atoms with E-state index in [0.717, 1.165) is 25.0 Å².